The molecule has 0 aromatic carbocycles. The number of carboxylic acids is 1. The van der Waals surface area contributed by atoms with Gasteiger partial charge in [-0.2, -0.15) is 0 Å². The molecule has 1 aromatic heterocycles. The van der Waals surface area contributed by atoms with E-state index >= 15 is 0 Å². The molecular formula is C10H14N2O2. The van der Waals surface area contributed by atoms with Crippen molar-refractivity contribution < 1.29 is 9.90 Å². The number of carbonyl (C=O) groups is 1. The molecule has 1 N–H and O–H groups in total. The molecular weight excluding hydrogens is 180 g/mol. The van der Waals surface area contributed by atoms with Gasteiger partial charge in [-0.25, -0.2) is 4.98 Å². The van der Waals surface area contributed by atoms with Gasteiger partial charge in [-0.15, -0.1) is 0 Å². The van der Waals surface area contributed by atoms with E-state index in [9.17, 15) is 4.79 Å². The third kappa shape index (κ3) is 1.78. The lowest BCUT2D eigenvalue weighted by Gasteiger charge is -2.06. The molecule has 0 atom stereocenters. The summed E-state index contributed by atoms with van der Waals surface area (Å²) in [5.41, 5.74) is 1.15. The molecule has 1 aliphatic rings. The van der Waals surface area contributed by atoms with Crippen molar-refractivity contribution in [1.82, 2.24) is 9.55 Å². The predicted octanol–water partition coefficient (Wildman–Crippen LogP) is 1.54. The first-order valence-electron chi connectivity index (χ1n) is 4.93. The Labute approximate surface area is 82.6 Å². The van der Waals surface area contributed by atoms with E-state index in [1.807, 2.05) is 13.1 Å². The average molecular weight is 194 g/mol. The minimum absolute atomic E-state index is 0.170. The Hall–Kier alpha value is -1.32. The number of aryl methyl sites for hydroxylation is 2. The topological polar surface area (TPSA) is 55.1 Å². The summed E-state index contributed by atoms with van der Waals surface area (Å²) in [5.74, 6) is 0.167. The van der Waals surface area contributed by atoms with Gasteiger partial charge in [0.2, 0.25) is 0 Å². The van der Waals surface area contributed by atoms with E-state index < -0.39 is 5.97 Å². The van der Waals surface area contributed by atoms with Crippen molar-refractivity contribution in [1.29, 1.82) is 0 Å². The van der Waals surface area contributed by atoms with Crippen LogP contribution in [-0.4, -0.2) is 20.6 Å². The van der Waals surface area contributed by atoms with Crippen molar-refractivity contribution in [3.05, 3.63) is 17.7 Å². The summed E-state index contributed by atoms with van der Waals surface area (Å²) in [6.45, 7) is 2.02. The van der Waals surface area contributed by atoms with Crippen LogP contribution in [0.1, 0.15) is 36.8 Å². The fourth-order valence-corrected chi connectivity index (χ4v) is 1.73. The van der Waals surface area contributed by atoms with Gasteiger partial charge in [0.05, 0.1) is 6.42 Å². The van der Waals surface area contributed by atoms with Crippen molar-refractivity contribution in [2.45, 2.75) is 38.6 Å². The van der Waals surface area contributed by atoms with Crippen molar-refractivity contribution in [2.24, 2.45) is 0 Å². The van der Waals surface area contributed by atoms with E-state index in [4.69, 9.17) is 5.11 Å². The average Bonchev–Trinajstić information content (AvgIpc) is 2.88. The van der Waals surface area contributed by atoms with Crippen molar-refractivity contribution in [3.63, 3.8) is 0 Å². The molecule has 1 fully saturated rings. The van der Waals surface area contributed by atoms with Gasteiger partial charge in [0.15, 0.2) is 0 Å². The second kappa shape index (κ2) is 3.44. The van der Waals surface area contributed by atoms with E-state index in [1.165, 1.54) is 12.8 Å². The molecule has 1 aromatic rings. The maximum absolute atomic E-state index is 10.4. The van der Waals surface area contributed by atoms with Crippen LogP contribution in [0.15, 0.2) is 6.20 Å². The quantitative estimate of drug-likeness (QED) is 0.791. The van der Waals surface area contributed by atoms with Crippen LogP contribution in [0.3, 0.4) is 0 Å². The molecule has 1 heterocycles. The second-order valence-electron chi connectivity index (χ2n) is 3.81. The predicted molar refractivity (Wildman–Crippen MR) is 51.2 cm³/mol. The number of hydrogen-bond acceptors (Lipinski definition) is 2. The molecule has 0 radical (unpaired) electrons. The molecule has 0 amide bonds. The van der Waals surface area contributed by atoms with Gasteiger partial charge in [0.1, 0.15) is 5.82 Å². The molecule has 2 rings (SSSR count). The maximum atomic E-state index is 10.4. The first kappa shape index (κ1) is 9.24. The second-order valence-corrected chi connectivity index (χ2v) is 3.81. The standard InChI is InChI=1S/C10H14N2O2/c1-7-6-11-9(4-5-10(13)14)12(7)8-2-3-8/h6,8H,2-5H2,1H3,(H,13,14). The number of aliphatic carboxylic acids is 1. The summed E-state index contributed by atoms with van der Waals surface area (Å²) in [7, 11) is 0. The number of aromatic nitrogens is 2. The lowest BCUT2D eigenvalue weighted by Crippen LogP contribution is -2.06. The molecule has 1 aliphatic carbocycles. The summed E-state index contributed by atoms with van der Waals surface area (Å²) in [4.78, 5) is 14.7. The minimum atomic E-state index is -0.756. The van der Waals surface area contributed by atoms with Crippen LogP contribution < -0.4 is 0 Å². The fourth-order valence-electron chi connectivity index (χ4n) is 1.73. The molecule has 0 bridgehead atoms. The zero-order valence-corrected chi connectivity index (χ0v) is 8.23. The number of carboxylic acid groups (broad SMARTS) is 1. The van der Waals surface area contributed by atoms with Gasteiger partial charge in [-0.3, -0.25) is 4.79 Å². The Morgan fingerprint density at radius 3 is 3.00 bits per heavy atom. The van der Waals surface area contributed by atoms with Crippen LogP contribution >= 0.6 is 0 Å². The smallest absolute Gasteiger partial charge is 0.303 e. The third-order valence-corrected chi connectivity index (χ3v) is 2.53. The molecule has 14 heavy (non-hydrogen) atoms. The fraction of sp³-hybridized carbons (Fsp3) is 0.600. The molecule has 0 spiro atoms. The Morgan fingerprint density at radius 1 is 1.71 bits per heavy atom. The number of nitrogens with zero attached hydrogens (tertiary/aromatic N) is 2. The van der Waals surface area contributed by atoms with E-state index in [1.54, 1.807) is 0 Å². The maximum Gasteiger partial charge on any atom is 0.303 e. The summed E-state index contributed by atoms with van der Waals surface area (Å²) in [6, 6.07) is 0.585. The normalized spacial score (nSPS) is 15.8. The van der Waals surface area contributed by atoms with Crippen LogP contribution in [0.4, 0.5) is 0 Å². The van der Waals surface area contributed by atoms with Crippen LogP contribution in [0.5, 0.6) is 0 Å². The molecule has 4 heteroatoms. The van der Waals surface area contributed by atoms with Crippen molar-refractivity contribution in [2.75, 3.05) is 0 Å². The Balaban J connectivity index is 2.12. The van der Waals surface area contributed by atoms with Gasteiger partial charge >= 0.3 is 5.97 Å². The van der Waals surface area contributed by atoms with Crippen LogP contribution in [0.25, 0.3) is 0 Å². The van der Waals surface area contributed by atoms with Crippen LogP contribution in [-0.2, 0) is 11.2 Å². The van der Waals surface area contributed by atoms with E-state index in [2.05, 4.69) is 9.55 Å². The third-order valence-electron chi connectivity index (χ3n) is 2.53. The number of hydrogen-bond donors (Lipinski definition) is 1. The molecule has 0 unspecified atom stereocenters. The van der Waals surface area contributed by atoms with Crippen LogP contribution in [0.2, 0.25) is 0 Å². The Bertz CT molecular complexity index is 353. The Morgan fingerprint density at radius 2 is 2.43 bits per heavy atom. The number of rotatable bonds is 4. The van der Waals surface area contributed by atoms with Crippen molar-refractivity contribution in [3.8, 4) is 0 Å². The molecule has 0 saturated heterocycles. The highest BCUT2D eigenvalue weighted by Gasteiger charge is 2.27. The summed E-state index contributed by atoms with van der Waals surface area (Å²) < 4.78 is 2.18. The highest BCUT2D eigenvalue weighted by atomic mass is 16.4. The monoisotopic (exact) mass is 194 g/mol. The molecule has 0 aliphatic heterocycles. The molecule has 76 valence electrons. The molecule has 4 nitrogen and oxygen atoms in total. The van der Waals surface area contributed by atoms with E-state index in [0.29, 0.717) is 12.5 Å². The van der Waals surface area contributed by atoms with E-state index in [0.717, 1.165) is 11.5 Å². The van der Waals surface area contributed by atoms with Gasteiger partial charge < -0.3 is 9.67 Å². The highest BCUT2D eigenvalue weighted by molar-refractivity contribution is 5.66. The lowest BCUT2D eigenvalue weighted by atomic mass is 10.3. The zero-order chi connectivity index (χ0) is 10.1. The molecule has 1 saturated carbocycles. The first-order chi connectivity index (χ1) is 6.68. The zero-order valence-electron chi connectivity index (χ0n) is 8.23. The van der Waals surface area contributed by atoms with Crippen LogP contribution in [0, 0.1) is 6.92 Å². The lowest BCUT2D eigenvalue weighted by molar-refractivity contribution is -0.137. The summed E-state index contributed by atoms with van der Waals surface area (Å²) >= 11 is 0. The largest absolute Gasteiger partial charge is 0.481 e. The van der Waals surface area contributed by atoms with Gasteiger partial charge in [0.25, 0.3) is 0 Å². The minimum Gasteiger partial charge on any atom is -0.481 e. The summed E-state index contributed by atoms with van der Waals surface area (Å²) in [5, 5.41) is 8.59. The van der Waals surface area contributed by atoms with Gasteiger partial charge in [-0.1, -0.05) is 0 Å². The summed E-state index contributed by atoms with van der Waals surface area (Å²) in [6.07, 6.45) is 4.95. The van der Waals surface area contributed by atoms with Crippen molar-refractivity contribution >= 4 is 5.97 Å². The first-order valence-corrected chi connectivity index (χ1v) is 4.93. The Kier molecular flexibility index (Phi) is 2.27. The van der Waals surface area contributed by atoms with Gasteiger partial charge in [0, 0.05) is 24.4 Å². The van der Waals surface area contributed by atoms with E-state index in [-0.39, 0.29) is 6.42 Å². The number of imidazole rings is 1. The van der Waals surface area contributed by atoms with Gasteiger partial charge in [-0.05, 0) is 19.8 Å². The SMILES string of the molecule is Cc1cnc(CCC(=O)O)n1C1CC1. The highest BCUT2D eigenvalue weighted by Crippen LogP contribution is 2.37.